The Morgan fingerprint density at radius 2 is 1.61 bits per heavy atom. The zero-order chi connectivity index (χ0) is 15.7. The summed E-state index contributed by atoms with van der Waals surface area (Å²) < 4.78 is 12.1. The Balaban J connectivity index is 1.41. The highest BCUT2D eigenvalue weighted by molar-refractivity contribution is 5.08. The van der Waals surface area contributed by atoms with E-state index in [-0.39, 0.29) is 5.79 Å². The van der Waals surface area contributed by atoms with E-state index in [1.165, 1.54) is 57.8 Å². The minimum Gasteiger partial charge on any atom is -0.348 e. The number of hydrogen-bond donors (Lipinski definition) is 0. The Bertz CT molecular complexity index is 482. The third kappa shape index (κ3) is 2.06. The van der Waals surface area contributed by atoms with E-state index in [0.717, 1.165) is 43.3 Å². The third-order valence-electron chi connectivity index (χ3n) is 9.26. The molecular formula is C21H34O2. The van der Waals surface area contributed by atoms with Gasteiger partial charge in [0.15, 0.2) is 5.79 Å². The molecule has 0 amide bonds. The molecule has 2 nitrogen and oxygen atoms in total. The molecule has 23 heavy (non-hydrogen) atoms. The van der Waals surface area contributed by atoms with Crippen LogP contribution < -0.4 is 0 Å². The lowest BCUT2D eigenvalue weighted by atomic mass is 9.45. The lowest BCUT2D eigenvalue weighted by Gasteiger charge is -2.61. The van der Waals surface area contributed by atoms with Crippen molar-refractivity contribution in [2.24, 2.45) is 34.5 Å². The van der Waals surface area contributed by atoms with Crippen molar-refractivity contribution < 1.29 is 9.47 Å². The van der Waals surface area contributed by atoms with E-state index in [2.05, 4.69) is 13.8 Å². The van der Waals surface area contributed by atoms with Gasteiger partial charge in [0.2, 0.25) is 0 Å². The second-order valence-corrected chi connectivity index (χ2v) is 10.1. The number of rotatable bonds is 0. The molecule has 4 aliphatic carbocycles. The van der Waals surface area contributed by atoms with Gasteiger partial charge >= 0.3 is 0 Å². The Morgan fingerprint density at radius 1 is 0.783 bits per heavy atom. The molecule has 6 atom stereocenters. The summed E-state index contributed by atoms with van der Waals surface area (Å²) in [5, 5.41) is 0. The van der Waals surface area contributed by atoms with Crippen LogP contribution in [-0.4, -0.2) is 19.0 Å². The second-order valence-electron chi connectivity index (χ2n) is 10.1. The van der Waals surface area contributed by atoms with Gasteiger partial charge < -0.3 is 9.47 Å². The largest absolute Gasteiger partial charge is 0.348 e. The lowest BCUT2D eigenvalue weighted by Crippen LogP contribution is -2.55. The molecule has 0 aromatic rings. The molecule has 2 heteroatoms. The van der Waals surface area contributed by atoms with Crippen LogP contribution in [-0.2, 0) is 9.47 Å². The molecule has 130 valence electrons. The highest BCUT2D eigenvalue weighted by Gasteiger charge is 2.60. The summed E-state index contributed by atoms with van der Waals surface area (Å²) >= 11 is 0. The Hall–Kier alpha value is -0.0800. The molecule has 1 saturated heterocycles. The number of ether oxygens (including phenoxy) is 2. The quantitative estimate of drug-likeness (QED) is 0.614. The van der Waals surface area contributed by atoms with Gasteiger partial charge in [0.25, 0.3) is 0 Å². The average molecular weight is 319 g/mol. The van der Waals surface area contributed by atoms with Gasteiger partial charge in [0.05, 0.1) is 13.2 Å². The molecule has 4 saturated carbocycles. The minimum atomic E-state index is -0.187. The first-order chi connectivity index (χ1) is 11.0. The van der Waals surface area contributed by atoms with E-state index in [0.29, 0.717) is 10.8 Å². The molecule has 0 bridgehead atoms. The van der Waals surface area contributed by atoms with Gasteiger partial charge in [-0.2, -0.15) is 0 Å². The Morgan fingerprint density at radius 3 is 2.43 bits per heavy atom. The van der Waals surface area contributed by atoms with E-state index in [1.54, 1.807) is 0 Å². The fourth-order valence-electron chi connectivity index (χ4n) is 7.95. The van der Waals surface area contributed by atoms with Crippen molar-refractivity contribution in [3.8, 4) is 0 Å². The topological polar surface area (TPSA) is 18.5 Å². The average Bonchev–Trinajstić information content (AvgIpc) is 3.15. The van der Waals surface area contributed by atoms with E-state index in [1.807, 2.05) is 0 Å². The monoisotopic (exact) mass is 318 g/mol. The molecule has 1 heterocycles. The molecule has 5 fully saturated rings. The first-order valence-corrected chi connectivity index (χ1v) is 10.3. The van der Waals surface area contributed by atoms with Crippen LogP contribution in [0.4, 0.5) is 0 Å². The van der Waals surface area contributed by atoms with Gasteiger partial charge in [-0.1, -0.05) is 20.3 Å². The molecule has 0 radical (unpaired) electrons. The van der Waals surface area contributed by atoms with Crippen molar-refractivity contribution >= 4 is 0 Å². The summed E-state index contributed by atoms with van der Waals surface area (Å²) in [7, 11) is 0. The van der Waals surface area contributed by atoms with E-state index in [9.17, 15) is 0 Å². The van der Waals surface area contributed by atoms with E-state index in [4.69, 9.17) is 9.47 Å². The summed E-state index contributed by atoms with van der Waals surface area (Å²) in [6.07, 6.45) is 14.1. The molecule has 5 rings (SSSR count). The summed E-state index contributed by atoms with van der Waals surface area (Å²) in [5.74, 6) is 3.69. The van der Waals surface area contributed by atoms with Crippen molar-refractivity contribution in [1.29, 1.82) is 0 Å². The van der Waals surface area contributed by atoms with Gasteiger partial charge in [0, 0.05) is 12.8 Å². The van der Waals surface area contributed by atoms with Crippen LogP contribution in [0.1, 0.15) is 78.1 Å². The molecule has 0 aromatic heterocycles. The van der Waals surface area contributed by atoms with Gasteiger partial charge in [-0.3, -0.25) is 0 Å². The summed E-state index contributed by atoms with van der Waals surface area (Å²) in [6, 6.07) is 0. The van der Waals surface area contributed by atoms with Crippen molar-refractivity contribution in [2.75, 3.05) is 13.2 Å². The van der Waals surface area contributed by atoms with Crippen molar-refractivity contribution in [1.82, 2.24) is 0 Å². The SMILES string of the molecule is C[C@]12CCC[C@@H]1[C@@H]1CC[C@H]3CC4(CC[C@]3(C)[C@H]1CC2)OCCO4. The summed E-state index contributed by atoms with van der Waals surface area (Å²) in [6.45, 7) is 6.89. The van der Waals surface area contributed by atoms with Gasteiger partial charge in [0.1, 0.15) is 0 Å². The molecule has 0 aromatic carbocycles. The Kier molecular flexibility index (Phi) is 3.29. The fraction of sp³-hybridized carbons (Fsp3) is 1.00. The van der Waals surface area contributed by atoms with Crippen LogP contribution in [0.25, 0.3) is 0 Å². The van der Waals surface area contributed by atoms with Crippen molar-refractivity contribution in [2.45, 2.75) is 83.8 Å². The number of fused-ring (bicyclic) bond motifs is 5. The van der Waals surface area contributed by atoms with Crippen LogP contribution in [0, 0.1) is 34.5 Å². The number of hydrogen-bond acceptors (Lipinski definition) is 2. The van der Waals surface area contributed by atoms with Gasteiger partial charge in [-0.25, -0.2) is 0 Å². The maximum Gasteiger partial charge on any atom is 0.168 e. The van der Waals surface area contributed by atoms with Gasteiger partial charge in [-0.15, -0.1) is 0 Å². The van der Waals surface area contributed by atoms with Crippen LogP contribution in [0.3, 0.4) is 0 Å². The van der Waals surface area contributed by atoms with Crippen LogP contribution >= 0.6 is 0 Å². The van der Waals surface area contributed by atoms with Crippen LogP contribution in [0.5, 0.6) is 0 Å². The zero-order valence-electron chi connectivity index (χ0n) is 15.1. The minimum absolute atomic E-state index is 0.187. The maximum atomic E-state index is 6.07. The first kappa shape index (κ1) is 15.2. The molecular weight excluding hydrogens is 284 g/mol. The maximum absolute atomic E-state index is 6.07. The van der Waals surface area contributed by atoms with E-state index < -0.39 is 0 Å². The summed E-state index contributed by atoms with van der Waals surface area (Å²) in [5.41, 5.74) is 1.26. The van der Waals surface area contributed by atoms with Crippen molar-refractivity contribution in [3.63, 3.8) is 0 Å². The highest BCUT2D eigenvalue weighted by Crippen LogP contribution is 2.67. The fourth-order valence-corrected chi connectivity index (χ4v) is 7.95. The van der Waals surface area contributed by atoms with Crippen LogP contribution in [0.2, 0.25) is 0 Å². The molecule has 0 unspecified atom stereocenters. The molecule has 5 aliphatic rings. The van der Waals surface area contributed by atoms with Crippen molar-refractivity contribution in [3.05, 3.63) is 0 Å². The van der Waals surface area contributed by atoms with Crippen LogP contribution in [0.15, 0.2) is 0 Å². The molecule has 0 N–H and O–H groups in total. The normalized spacial score (nSPS) is 54.5. The molecule has 1 aliphatic heterocycles. The highest BCUT2D eigenvalue weighted by atomic mass is 16.7. The zero-order valence-corrected chi connectivity index (χ0v) is 15.1. The standard InChI is InChI=1S/C21H34O2/c1-19-8-3-4-17(19)16-6-5-15-14-21(22-12-13-23-21)11-10-20(15,2)18(16)7-9-19/h15-18H,3-14H2,1-2H3/t15-,16-,17+,18-,19+,20-/m0/s1. The van der Waals surface area contributed by atoms with E-state index >= 15 is 0 Å². The smallest absolute Gasteiger partial charge is 0.168 e. The summed E-state index contributed by atoms with van der Waals surface area (Å²) in [4.78, 5) is 0. The second kappa shape index (κ2) is 4.97. The molecule has 1 spiro atoms. The Labute approximate surface area is 141 Å². The van der Waals surface area contributed by atoms with Gasteiger partial charge in [-0.05, 0) is 79.4 Å². The third-order valence-corrected chi connectivity index (χ3v) is 9.26. The predicted molar refractivity (Wildman–Crippen MR) is 91.0 cm³/mol. The predicted octanol–water partition coefficient (Wildman–Crippen LogP) is 5.16. The first-order valence-electron chi connectivity index (χ1n) is 10.3. The lowest BCUT2D eigenvalue weighted by molar-refractivity contribution is -0.229.